The Kier molecular flexibility index (Phi) is 8.41. The Labute approximate surface area is 204 Å². The van der Waals surface area contributed by atoms with Gasteiger partial charge in [0.2, 0.25) is 5.91 Å². The molecule has 0 spiro atoms. The molecule has 0 atom stereocenters. The van der Waals surface area contributed by atoms with Gasteiger partial charge in [0, 0.05) is 67.0 Å². The first-order valence-corrected chi connectivity index (χ1v) is 11.0. The first-order valence-electron chi connectivity index (χ1n) is 11.0. The van der Waals surface area contributed by atoms with E-state index in [0.29, 0.717) is 13.1 Å². The molecular formula is C24H24F3N5O4. The minimum Gasteiger partial charge on any atom is -0.475 e. The molecule has 36 heavy (non-hydrogen) atoms. The van der Waals surface area contributed by atoms with Crippen molar-refractivity contribution in [2.45, 2.75) is 32.4 Å². The number of aromatic amines is 1. The highest BCUT2D eigenvalue weighted by atomic mass is 19.4. The van der Waals surface area contributed by atoms with Crippen LogP contribution in [0.15, 0.2) is 42.7 Å². The molecular weight excluding hydrogens is 479 g/mol. The fourth-order valence-electron chi connectivity index (χ4n) is 3.46. The highest BCUT2D eigenvalue weighted by molar-refractivity contribution is 5.97. The molecule has 4 heterocycles. The van der Waals surface area contributed by atoms with Crippen LogP contribution in [-0.2, 0) is 22.4 Å². The van der Waals surface area contributed by atoms with Crippen molar-refractivity contribution in [1.82, 2.24) is 25.6 Å². The second-order valence-corrected chi connectivity index (χ2v) is 7.94. The number of nitrogens with zero attached hydrogens (tertiary/aromatic N) is 2. The number of aryl methyl sites for hydroxylation is 1. The van der Waals surface area contributed by atoms with E-state index >= 15 is 0 Å². The second-order valence-electron chi connectivity index (χ2n) is 7.94. The molecule has 0 saturated heterocycles. The lowest BCUT2D eigenvalue weighted by Gasteiger charge is -2.10. The van der Waals surface area contributed by atoms with Gasteiger partial charge < -0.3 is 20.7 Å². The molecule has 0 bridgehead atoms. The van der Waals surface area contributed by atoms with Crippen LogP contribution in [0, 0.1) is 0 Å². The molecule has 1 aliphatic heterocycles. The predicted octanol–water partition coefficient (Wildman–Crippen LogP) is 3.13. The van der Waals surface area contributed by atoms with Gasteiger partial charge in [-0.2, -0.15) is 13.2 Å². The van der Waals surface area contributed by atoms with Gasteiger partial charge in [-0.05, 0) is 43.2 Å². The van der Waals surface area contributed by atoms with Crippen LogP contribution in [0.25, 0.3) is 22.5 Å². The number of carbonyl (C=O) groups excluding carboxylic acids is 2. The second kappa shape index (κ2) is 11.5. The van der Waals surface area contributed by atoms with Crippen molar-refractivity contribution < 1.29 is 32.7 Å². The van der Waals surface area contributed by atoms with Crippen LogP contribution in [-0.4, -0.2) is 57.1 Å². The van der Waals surface area contributed by atoms with E-state index in [1.807, 2.05) is 36.5 Å². The van der Waals surface area contributed by atoms with Crippen LogP contribution in [0.2, 0.25) is 0 Å². The Morgan fingerprint density at radius 2 is 1.89 bits per heavy atom. The summed E-state index contributed by atoms with van der Waals surface area (Å²) in [5, 5.41) is 12.8. The Hall–Kier alpha value is -4.22. The molecule has 0 aliphatic carbocycles. The van der Waals surface area contributed by atoms with Crippen molar-refractivity contribution in [3.05, 3.63) is 59.7 Å². The average Bonchev–Trinajstić information content (AvgIpc) is 3.28. The van der Waals surface area contributed by atoms with Crippen molar-refractivity contribution in [3.8, 4) is 22.5 Å². The molecule has 3 aromatic rings. The van der Waals surface area contributed by atoms with Gasteiger partial charge in [0.1, 0.15) is 0 Å². The Morgan fingerprint density at radius 1 is 1.14 bits per heavy atom. The summed E-state index contributed by atoms with van der Waals surface area (Å²) in [6, 6.07) is 9.85. The van der Waals surface area contributed by atoms with Crippen LogP contribution >= 0.6 is 0 Å². The molecule has 1 aliphatic rings. The third-order valence-electron chi connectivity index (χ3n) is 5.22. The number of fused-ring (bicyclic) bond motifs is 1. The number of hydrogen-bond acceptors (Lipinski definition) is 5. The monoisotopic (exact) mass is 503 g/mol. The minimum atomic E-state index is -5.08. The van der Waals surface area contributed by atoms with Crippen molar-refractivity contribution in [2.75, 3.05) is 13.1 Å². The normalized spacial score (nSPS) is 12.6. The van der Waals surface area contributed by atoms with Gasteiger partial charge in [-0.25, -0.2) is 4.79 Å². The van der Waals surface area contributed by atoms with Crippen LogP contribution < -0.4 is 10.6 Å². The quantitative estimate of drug-likeness (QED) is 0.382. The SMILES string of the molecule is CC(=O)NCCCc1ccc(-c2cc(-c3cc4c([nH]3)CCNC4=O)ccn2)cn1.O=C(O)C(F)(F)F. The number of pyridine rings is 2. The van der Waals surface area contributed by atoms with E-state index in [4.69, 9.17) is 9.90 Å². The molecule has 3 aromatic heterocycles. The number of H-pyrrole nitrogens is 1. The average molecular weight is 503 g/mol. The first-order chi connectivity index (χ1) is 17.0. The zero-order valence-corrected chi connectivity index (χ0v) is 19.3. The largest absolute Gasteiger partial charge is 0.490 e. The maximum absolute atomic E-state index is 12.0. The summed E-state index contributed by atoms with van der Waals surface area (Å²) in [5.41, 5.74) is 6.35. The maximum Gasteiger partial charge on any atom is 0.490 e. The summed E-state index contributed by atoms with van der Waals surface area (Å²) in [7, 11) is 0. The molecule has 0 aromatic carbocycles. The Morgan fingerprint density at radius 3 is 2.50 bits per heavy atom. The van der Waals surface area contributed by atoms with Crippen LogP contribution in [0.4, 0.5) is 13.2 Å². The first kappa shape index (κ1) is 26.4. The molecule has 0 unspecified atom stereocenters. The van der Waals surface area contributed by atoms with Gasteiger partial charge in [0.05, 0.1) is 11.3 Å². The van der Waals surface area contributed by atoms with Crippen LogP contribution in [0.3, 0.4) is 0 Å². The number of rotatable bonds is 6. The lowest BCUT2D eigenvalue weighted by Crippen LogP contribution is -2.31. The summed E-state index contributed by atoms with van der Waals surface area (Å²) >= 11 is 0. The van der Waals surface area contributed by atoms with E-state index in [1.54, 1.807) is 6.20 Å². The summed E-state index contributed by atoms with van der Waals surface area (Å²) in [5.74, 6) is -2.79. The number of amides is 2. The third kappa shape index (κ3) is 7.14. The number of carbonyl (C=O) groups is 3. The van der Waals surface area contributed by atoms with Gasteiger partial charge in [0.25, 0.3) is 5.91 Å². The van der Waals surface area contributed by atoms with Crippen molar-refractivity contribution in [2.24, 2.45) is 0 Å². The highest BCUT2D eigenvalue weighted by Gasteiger charge is 2.38. The van der Waals surface area contributed by atoms with Crippen molar-refractivity contribution >= 4 is 17.8 Å². The summed E-state index contributed by atoms with van der Waals surface area (Å²) in [6.45, 7) is 2.84. The van der Waals surface area contributed by atoms with Gasteiger partial charge >= 0.3 is 12.1 Å². The fraction of sp³-hybridized carbons (Fsp3) is 0.292. The van der Waals surface area contributed by atoms with Gasteiger partial charge in [0.15, 0.2) is 0 Å². The lowest BCUT2D eigenvalue weighted by molar-refractivity contribution is -0.192. The topological polar surface area (TPSA) is 137 Å². The fourth-order valence-corrected chi connectivity index (χ4v) is 3.46. The number of carboxylic acids is 1. The number of aromatic nitrogens is 3. The molecule has 190 valence electrons. The van der Waals surface area contributed by atoms with E-state index in [9.17, 15) is 22.8 Å². The molecule has 0 fully saturated rings. The molecule has 2 amide bonds. The summed E-state index contributed by atoms with van der Waals surface area (Å²) in [4.78, 5) is 44.2. The summed E-state index contributed by atoms with van der Waals surface area (Å²) in [6.07, 6.45) is 0.986. The highest BCUT2D eigenvalue weighted by Crippen LogP contribution is 2.27. The number of halogens is 3. The van der Waals surface area contributed by atoms with Gasteiger partial charge in [-0.1, -0.05) is 0 Å². The Balaban J connectivity index is 0.000000454. The Bertz CT molecular complexity index is 1240. The van der Waals surface area contributed by atoms with Crippen LogP contribution in [0.1, 0.15) is 35.1 Å². The summed E-state index contributed by atoms with van der Waals surface area (Å²) < 4.78 is 31.7. The number of alkyl halides is 3. The molecule has 4 N–H and O–H groups in total. The number of hydrogen-bond donors (Lipinski definition) is 4. The predicted molar refractivity (Wildman–Crippen MR) is 124 cm³/mol. The molecule has 12 heteroatoms. The van der Waals surface area contributed by atoms with Crippen molar-refractivity contribution in [3.63, 3.8) is 0 Å². The molecule has 0 radical (unpaired) electrons. The zero-order chi connectivity index (χ0) is 26.3. The third-order valence-corrected chi connectivity index (χ3v) is 5.22. The maximum atomic E-state index is 12.0. The molecule has 4 rings (SSSR count). The molecule has 0 saturated carbocycles. The van der Waals surface area contributed by atoms with Gasteiger partial charge in [-0.15, -0.1) is 0 Å². The molecule has 9 nitrogen and oxygen atoms in total. The van der Waals surface area contributed by atoms with E-state index in [0.717, 1.165) is 58.7 Å². The van der Waals surface area contributed by atoms with Crippen molar-refractivity contribution in [1.29, 1.82) is 0 Å². The van der Waals surface area contributed by atoms with E-state index in [2.05, 4.69) is 25.6 Å². The van der Waals surface area contributed by atoms with Gasteiger partial charge in [-0.3, -0.25) is 19.6 Å². The lowest BCUT2D eigenvalue weighted by atomic mass is 10.1. The number of carboxylic acid groups (broad SMARTS) is 1. The number of nitrogens with one attached hydrogen (secondary N) is 3. The standard InChI is InChI=1S/C22H23N5O2.C2HF3O2/c1-14(28)23-8-2-3-17-5-4-16(13-26-17)20-11-15(6-9-24-20)21-12-18-19(27-21)7-10-25-22(18)29;3-2(4,5)1(6)7/h4-6,9,11-13,27H,2-3,7-8,10H2,1H3,(H,23,28)(H,25,29);(H,6,7). The van der Waals surface area contributed by atoms with E-state index < -0.39 is 12.1 Å². The minimum absolute atomic E-state index is 0.0113. The number of aliphatic carboxylic acids is 1. The zero-order valence-electron chi connectivity index (χ0n) is 19.3. The smallest absolute Gasteiger partial charge is 0.475 e. The van der Waals surface area contributed by atoms with E-state index in [1.165, 1.54) is 6.92 Å². The van der Waals surface area contributed by atoms with Crippen LogP contribution in [0.5, 0.6) is 0 Å². The van der Waals surface area contributed by atoms with E-state index in [-0.39, 0.29) is 11.8 Å².